The van der Waals surface area contributed by atoms with Crippen LogP contribution in [0.25, 0.3) is 5.69 Å². The van der Waals surface area contributed by atoms with Gasteiger partial charge in [-0.1, -0.05) is 17.7 Å². The molecule has 1 N–H and O–H groups in total. The fraction of sp³-hybridized carbons (Fsp3) is 0.227. The molecule has 1 aromatic heterocycles. The molecule has 4 rings (SSSR count). The number of nitrogens with zero attached hydrogens (tertiary/aromatic N) is 3. The van der Waals surface area contributed by atoms with Gasteiger partial charge in [0.25, 0.3) is 11.8 Å². The summed E-state index contributed by atoms with van der Waals surface area (Å²) in [4.78, 5) is 27.0. The monoisotopic (exact) mass is 424 g/mol. The highest BCUT2D eigenvalue weighted by Crippen LogP contribution is 2.19. The lowest BCUT2D eigenvalue weighted by Gasteiger charge is -2.26. The van der Waals surface area contributed by atoms with Crippen molar-refractivity contribution in [3.63, 3.8) is 0 Å². The van der Waals surface area contributed by atoms with Crippen LogP contribution in [0.1, 0.15) is 26.4 Å². The third-order valence-electron chi connectivity index (χ3n) is 5.00. The van der Waals surface area contributed by atoms with E-state index < -0.39 is 0 Å². The summed E-state index contributed by atoms with van der Waals surface area (Å²) >= 11 is 6.05. The lowest BCUT2D eigenvalue weighted by Crippen LogP contribution is -2.40. The maximum absolute atomic E-state index is 12.7. The molecule has 2 aromatic carbocycles. The Morgan fingerprint density at radius 3 is 2.53 bits per heavy atom. The first-order valence-corrected chi connectivity index (χ1v) is 10.00. The van der Waals surface area contributed by atoms with Gasteiger partial charge in [0.05, 0.1) is 36.4 Å². The summed E-state index contributed by atoms with van der Waals surface area (Å²) in [6.45, 7) is 4.12. The van der Waals surface area contributed by atoms with E-state index in [-0.39, 0.29) is 11.8 Å². The molecule has 0 spiro atoms. The van der Waals surface area contributed by atoms with Gasteiger partial charge in [0.1, 0.15) is 0 Å². The van der Waals surface area contributed by atoms with Crippen molar-refractivity contribution >= 4 is 29.1 Å². The number of amides is 2. The normalized spacial score (nSPS) is 13.9. The number of ether oxygens (including phenoxy) is 1. The standard InChI is InChI=1S/C22H21ClN4O3/c1-15-20(14-24-27(15)19-4-2-3-17(23)13-19)21(28)25-18-7-5-16(6-8-18)22(29)26-9-11-30-12-10-26/h2-8,13-14H,9-12H2,1H3,(H,25,28). The predicted molar refractivity (Wildman–Crippen MR) is 114 cm³/mol. The summed E-state index contributed by atoms with van der Waals surface area (Å²) in [6.07, 6.45) is 1.53. The molecule has 1 aliphatic heterocycles. The molecule has 3 aromatic rings. The van der Waals surface area contributed by atoms with E-state index >= 15 is 0 Å². The first-order valence-electron chi connectivity index (χ1n) is 9.62. The number of carbonyl (C=O) groups excluding carboxylic acids is 2. The van der Waals surface area contributed by atoms with Crippen molar-refractivity contribution in [2.75, 3.05) is 31.6 Å². The Kier molecular flexibility index (Phi) is 5.83. The van der Waals surface area contributed by atoms with Crippen molar-refractivity contribution in [3.8, 4) is 5.69 Å². The van der Waals surface area contributed by atoms with Crippen LogP contribution in [0.5, 0.6) is 0 Å². The molecule has 154 valence electrons. The molecule has 0 radical (unpaired) electrons. The van der Waals surface area contributed by atoms with Crippen molar-refractivity contribution in [1.82, 2.24) is 14.7 Å². The number of morpholine rings is 1. The molecular weight excluding hydrogens is 404 g/mol. The molecule has 2 amide bonds. The summed E-state index contributed by atoms with van der Waals surface area (Å²) in [7, 11) is 0. The zero-order chi connectivity index (χ0) is 21.1. The van der Waals surface area contributed by atoms with Crippen LogP contribution in [0.3, 0.4) is 0 Å². The van der Waals surface area contributed by atoms with Crippen LogP contribution in [0, 0.1) is 6.92 Å². The molecule has 0 bridgehead atoms. The minimum Gasteiger partial charge on any atom is -0.378 e. The molecule has 7 nitrogen and oxygen atoms in total. The molecule has 8 heteroatoms. The Morgan fingerprint density at radius 2 is 1.83 bits per heavy atom. The van der Waals surface area contributed by atoms with Gasteiger partial charge in [0.15, 0.2) is 0 Å². The van der Waals surface area contributed by atoms with E-state index in [1.165, 1.54) is 6.20 Å². The second-order valence-corrected chi connectivity index (χ2v) is 7.41. The molecular formula is C22H21ClN4O3. The van der Waals surface area contributed by atoms with Crippen molar-refractivity contribution in [2.24, 2.45) is 0 Å². The Bertz CT molecular complexity index is 1070. The fourth-order valence-electron chi connectivity index (χ4n) is 3.34. The maximum atomic E-state index is 12.7. The van der Waals surface area contributed by atoms with Gasteiger partial charge in [-0.05, 0) is 49.4 Å². The number of halogens is 1. The highest BCUT2D eigenvalue weighted by atomic mass is 35.5. The molecule has 1 aliphatic rings. The molecule has 0 saturated carbocycles. The lowest BCUT2D eigenvalue weighted by atomic mass is 10.1. The van der Waals surface area contributed by atoms with Gasteiger partial charge in [-0.15, -0.1) is 0 Å². The van der Waals surface area contributed by atoms with Crippen LogP contribution in [0.15, 0.2) is 54.7 Å². The predicted octanol–water partition coefficient (Wildman–Crippen LogP) is 3.56. The summed E-state index contributed by atoms with van der Waals surface area (Å²) in [6, 6.07) is 14.2. The van der Waals surface area contributed by atoms with Crippen LogP contribution in [-0.2, 0) is 4.74 Å². The van der Waals surface area contributed by atoms with Crippen molar-refractivity contribution < 1.29 is 14.3 Å². The van der Waals surface area contributed by atoms with Crippen LogP contribution in [-0.4, -0.2) is 52.8 Å². The number of benzene rings is 2. The maximum Gasteiger partial charge on any atom is 0.259 e. The Hall–Kier alpha value is -3.16. The van der Waals surface area contributed by atoms with Crippen LogP contribution >= 0.6 is 11.6 Å². The summed E-state index contributed by atoms with van der Waals surface area (Å²) in [5.41, 5.74) is 3.13. The van der Waals surface area contributed by atoms with Crippen LogP contribution in [0.4, 0.5) is 5.69 Å². The zero-order valence-corrected chi connectivity index (χ0v) is 17.2. The van der Waals surface area contributed by atoms with Crippen molar-refractivity contribution in [2.45, 2.75) is 6.92 Å². The average Bonchev–Trinajstić information content (AvgIpc) is 3.16. The lowest BCUT2D eigenvalue weighted by molar-refractivity contribution is 0.0303. The summed E-state index contributed by atoms with van der Waals surface area (Å²) < 4.78 is 6.95. The third kappa shape index (κ3) is 4.22. The smallest absolute Gasteiger partial charge is 0.259 e. The van der Waals surface area contributed by atoms with Crippen molar-refractivity contribution in [1.29, 1.82) is 0 Å². The molecule has 0 aliphatic carbocycles. The Labute approximate surface area is 179 Å². The van der Waals surface area contributed by atoms with Gasteiger partial charge in [-0.2, -0.15) is 5.10 Å². The largest absolute Gasteiger partial charge is 0.378 e. The molecule has 0 unspecified atom stereocenters. The molecule has 30 heavy (non-hydrogen) atoms. The van der Waals surface area contributed by atoms with Gasteiger partial charge in [0, 0.05) is 29.4 Å². The minimum absolute atomic E-state index is 0.0326. The number of hydrogen-bond donors (Lipinski definition) is 1. The van der Waals surface area contributed by atoms with Gasteiger partial charge in [0.2, 0.25) is 0 Å². The van der Waals surface area contributed by atoms with E-state index in [1.54, 1.807) is 46.0 Å². The fourth-order valence-corrected chi connectivity index (χ4v) is 3.53. The topological polar surface area (TPSA) is 76.5 Å². The molecule has 1 saturated heterocycles. The van der Waals surface area contributed by atoms with Crippen LogP contribution in [0.2, 0.25) is 5.02 Å². The Balaban J connectivity index is 1.46. The second kappa shape index (κ2) is 8.69. The number of rotatable bonds is 4. The van der Waals surface area contributed by atoms with E-state index in [1.807, 2.05) is 19.1 Å². The minimum atomic E-state index is -0.270. The molecule has 0 atom stereocenters. The molecule has 1 fully saturated rings. The van der Waals surface area contributed by atoms with Crippen LogP contribution < -0.4 is 5.32 Å². The Morgan fingerprint density at radius 1 is 1.10 bits per heavy atom. The average molecular weight is 425 g/mol. The summed E-state index contributed by atoms with van der Waals surface area (Å²) in [5.74, 6) is -0.303. The van der Waals surface area contributed by atoms with E-state index in [0.29, 0.717) is 53.8 Å². The van der Waals surface area contributed by atoms with Gasteiger partial charge >= 0.3 is 0 Å². The van der Waals surface area contributed by atoms with E-state index in [0.717, 1.165) is 5.69 Å². The second-order valence-electron chi connectivity index (χ2n) is 6.97. The number of hydrogen-bond acceptors (Lipinski definition) is 4. The van der Waals surface area contributed by atoms with Gasteiger partial charge in [-0.25, -0.2) is 4.68 Å². The highest BCUT2D eigenvalue weighted by Gasteiger charge is 2.19. The highest BCUT2D eigenvalue weighted by molar-refractivity contribution is 6.30. The summed E-state index contributed by atoms with van der Waals surface area (Å²) in [5, 5.41) is 7.77. The SMILES string of the molecule is Cc1c(C(=O)Nc2ccc(C(=O)N3CCOCC3)cc2)cnn1-c1cccc(Cl)c1. The third-order valence-corrected chi connectivity index (χ3v) is 5.23. The number of carbonyl (C=O) groups is 2. The van der Waals surface area contributed by atoms with E-state index in [4.69, 9.17) is 16.3 Å². The number of nitrogens with one attached hydrogen (secondary N) is 1. The quantitative estimate of drug-likeness (QED) is 0.694. The first kappa shape index (κ1) is 20.1. The van der Waals surface area contributed by atoms with Crippen molar-refractivity contribution in [3.05, 3.63) is 76.6 Å². The van der Waals surface area contributed by atoms with E-state index in [2.05, 4.69) is 10.4 Å². The number of anilines is 1. The van der Waals surface area contributed by atoms with Gasteiger partial charge in [-0.3, -0.25) is 9.59 Å². The van der Waals surface area contributed by atoms with E-state index in [9.17, 15) is 9.59 Å². The number of aromatic nitrogens is 2. The van der Waals surface area contributed by atoms with Gasteiger partial charge < -0.3 is 15.0 Å². The molecule has 2 heterocycles. The first-order chi connectivity index (χ1) is 14.5. The zero-order valence-electron chi connectivity index (χ0n) is 16.5.